The van der Waals surface area contributed by atoms with Crippen LogP contribution >= 0.6 is 0 Å². The summed E-state index contributed by atoms with van der Waals surface area (Å²) in [6, 6.07) is 5.41. The first-order valence-corrected chi connectivity index (χ1v) is 6.99. The second-order valence-corrected chi connectivity index (χ2v) is 3.77. The molecule has 0 aliphatic rings. The van der Waals surface area contributed by atoms with Crippen molar-refractivity contribution in [2.45, 2.75) is 46.6 Å². The summed E-state index contributed by atoms with van der Waals surface area (Å²) in [5.74, 6) is 0.0503. The monoisotopic (exact) mass is 267 g/mol. The van der Waals surface area contributed by atoms with Crippen molar-refractivity contribution in [1.82, 2.24) is 9.88 Å². The van der Waals surface area contributed by atoms with Gasteiger partial charge in [0.15, 0.2) is 0 Å². The van der Waals surface area contributed by atoms with Gasteiger partial charge in [-0.05, 0) is 25.5 Å². The fraction of sp³-hybridized carbons (Fsp3) is 0.600. The van der Waals surface area contributed by atoms with Gasteiger partial charge in [-0.2, -0.15) is 0 Å². The summed E-state index contributed by atoms with van der Waals surface area (Å²) in [6.07, 6.45) is 5.24. The zero-order valence-corrected chi connectivity index (χ0v) is 13.0. The lowest BCUT2D eigenvalue weighted by atomic mass is 10.1. The second-order valence-electron chi connectivity index (χ2n) is 3.77. The van der Waals surface area contributed by atoms with Crippen LogP contribution in [0.4, 0.5) is 0 Å². The molecule has 4 heteroatoms. The van der Waals surface area contributed by atoms with Gasteiger partial charge in [0.05, 0.1) is 6.04 Å². The molecule has 0 saturated carbocycles. The molecule has 0 spiro atoms. The summed E-state index contributed by atoms with van der Waals surface area (Å²) >= 11 is 0. The molecule has 1 amide bonds. The molecule has 1 aromatic rings. The van der Waals surface area contributed by atoms with E-state index in [2.05, 4.69) is 4.98 Å². The van der Waals surface area contributed by atoms with E-state index in [-0.39, 0.29) is 11.9 Å². The van der Waals surface area contributed by atoms with E-state index in [0.29, 0.717) is 0 Å². The standard InChI is InChI=1S/C8H18N2O.C5H5N.C2H6/c1-4-6-7(9)8(11)10(3)5-2;1-2-4-6-5-3-1;1-2/h7H,4-6,9H2,1-3H3;1-5H;1-2H3. The Hall–Kier alpha value is -1.42. The molecule has 0 aliphatic heterocycles. The largest absolute Gasteiger partial charge is 0.345 e. The molecule has 1 atom stereocenters. The number of aromatic nitrogens is 1. The maximum absolute atomic E-state index is 11.3. The molecule has 4 nitrogen and oxygen atoms in total. The Morgan fingerprint density at radius 2 is 1.74 bits per heavy atom. The summed E-state index contributed by atoms with van der Waals surface area (Å²) in [7, 11) is 1.78. The van der Waals surface area contributed by atoms with Crippen LogP contribution in [0, 0.1) is 0 Å². The minimum atomic E-state index is -0.301. The highest BCUT2D eigenvalue weighted by molar-refractivity contribution is 5.81. The van der Waals surface area contributed by atoms with Gasteiger partial charge in [-0.3, -0.25) is 9.78 Å². The number of amides is 1. The lowest BCUT2D eigenvalue weighted by Crippen LogP contribution is -2.41. The highest BCUT2D eigenvalue weighted by Gasteiger charge is 2.14. The van der Waals surface area contributed by atoms with Gasteiger partial charge in [0.1, 0.15) is 0 Å². The molecule has 1 rings (SSSR count). The summed E-state index contributed by atoms with van der Waals surface area (Å²) in [5, 5.41) is 0. The normalized spacial score (nSPS) is 10.2. The molecule has 0 radical (unpaired) electrons. The van der Waals surface area contributed by atoms with Crippen LogP contribution in [-0.4, -0.2) is 35.4 Å². The lowest BCUT2D eigenvalue weighted by molar-refractivity contribution is -0.131. The predicted molar refractivity (Wildman–Crippen MR) is 81.8 cm³/mol. The molecule has 19 heavy (non-hydrogen) atoms. The van der Waals surface area contributed by atoms with E-state index in [1.807, 2.05) is 45.9 Å². The van der Waals surface area contributed by atoms with Crippen molar-refractivity contribution < 1.29 is 4.79 Å². The molecule has 2 N–H and O–H groups in total. The molecule has 1 aromatic heterocycles. The Bertz CT molecular complexity index is 264. The smallest absolute Gasteiger partial charge is 0.239 e. The van der Waals surface area contributed by atoms with Gasteiger partial charge in [0, 0.05) is 26.0 Å². The third-order valence-corrected chi connectivity index (χ3v) is 2.33. The first-order valence-electron chi connectivity index (χ1n) is 6.99. The van der Waals surface area contributed by atoms with Gasteiger partial charge in [0.2, 0.25) is 5.91 Å². The topological polar surface area (TPSA) is 59.2 Å². The van der Waals surface area contributed by atoms with E-state index in [4.69, 9.17) is 5.73 Å². The average Bonchev–Trinajstić information content (AvgIpc) is 2.50. The second kappa shape index (κ2) is 14.6. The van der Waals surface area contributed by atoms with Gasteiger partial charge in [-0.1, -0.05) is 33.3 Å². The van der Waals surface area contributed by atoms with Gasteiger partial charge in [-0.15, -0.1) is 0 Å². The fourth-order valence-corrected chi connectivity index (χ4v) is 1.19. The SMILES string of the molecule is CC.CCCC(N)C(=O)N(C)CC.c1ccncc1. The van der Waals surface area contributed by atoms with E-state index in [0.717, 1.165) is 19.4 Å². The maximum atomic E-state index is 11.3. The fourth-order valence-electron chi connectivity index (χ4n) is 1.19. The Morgan fingerprint density at radius 1 is 1.21 bits per heavy atom. The zero-order chi connectivity index (χ0) is 15.1. The van der Waals surface area contributed by atoms with Crippen LogP contribution in [0.2, 0.25) is 0 Å². The molecule has 0 aromatic carbocycles. The Morgan fingerprint density at radius 3 is 2.00 bits per heavy atom. The van der Waals surface area contributed by atoms with Crippen LogP contribution in [0.15, 0.2) is 30.6 Å². The Kier molecular flexibility index (Phi) is 15.3. The maximum Gasteiger partial charge on any atom is 0.239 e. The van der Waals surface area contributed by atoms with Crippen LogP contribution in [0.25, 0.3) is 0 Å². The van der Waals surface area contributed by atoms with Crippen molar-refractivity contribution in [2.24, 2.45) is 5.73 Å². The van der Waals surface area contributed by atoms with E-state index in [1.54, 1.807) is 24.3 Å². The summed E-state index contributed by atoms with van der Waals surface area (Å²) in [4.78, 5) is 16.7. The van der Waals surface area contributed by atoms with Gasteiger partial charge >= 0.3 is 0 Å². The third-order valence-electron chi connectivity index (χ3n) is 2.33. The zero-order valence-electron chi connectivity index (χ0n) is 13.0. The number of hydrogen-bond donors (Lipinski definition) is 1. The van der Waals surface area contributed by atoms with Crippen molar-refractivity contribution in [3.63, 3.8) is 0 Å². The number of carbonyl (C=O) groups is 1. The number of likely N-dealkylation sites (N-methyl/N-ethyl adjacent to an activating group) is 1. The number of carbonyl (C=O) groups excluding carboxylic acids is 1. The van der Waals surface area contributed by atoms with Crippen LogP contribution in [0.3, 0.4) is 0 Å². The van der Waals surface area contributed by atoms with Crippen molar-refractivity contribution in [1.29, 1.82) is 0 Å². The molecule has 0 saturated heterocycles. The van der Waals surface area contributed by atoms with Crippen molar-refractivity contribution in [3.8, 4) is 0 Å². The highest BCUT2D eigenvalue weighted by Crippen LogP contribution is 1.97. The molecule has 1 heterocycles. The predicted octanol–water partition coefficient (Wildman–Crippen LogP) is 2.70. The van der Waals surface area contributed by atoms with E-state index < -0.39 is 0 Å². The van der Waals surface area contributed by atoms with Crippen molar-refractivity contribution in [2.75, 3.05) is 13.6 Å². The Labute approximate surface area is 118 Å². The number of nitrogens with zero attached hydrogens (tertiary/aromatic N) is 2. The average molecular weight is 267 g/mol. The molecule has 0 aliphatic carbocycles. The summed E-state index contributed by atoms with van der Waals surface area (Å²) < 4.78 is 0. The number of hydrogen-bond acceptors (Lipinski definition) is 3. The minimum Gasteiger partial charge on any atom is -0.345 e. The van der Waals surface area contributed by atoms with Crippen LogP contribution < -0.4 is 5.73 Å². The quantitative estimate of drug-likeness (QED) is 0.912. The minimum absolute atomic E-state index is 0.0503. The van der Waals surface area contributed by atoms with E-state index >= 15 is 0 Å². The van der Waals surface area contributed by atoms with Gasteiger partial charge in [-0.25, -0.2) is 0 Å². The summed E-state index contributed by atoms with van der Waals surface area (Å²) in [6.45, 7) is 8.70. The first-order chi connectivity index (χ1) is 9.13. The summed E-state index contributed by atoms with van der Waals surface area (Å²) in [5.41, 5.74) is 5.61. The van der Waals surface area contributed by atoms with Gasteiger partial charge in [0.25, 0.3) is 0 Å². The van der Waals surface area contributed by atoms with Crippen molar-refractivity contribution >= 4 is 5.91 Å². The van der Waals surface area contributed by atoms with Crippen LogP contribution in [0.5, 0.6) is 0 Å². The molecular formula is C15H29N3O. The molecule has 0 bridgehead atoms. The number of nitrogens with two attached hydrogens (primary N) is 1. The lowest BCUT2D eigenvalue weighted by Gasteiger charge is -2.18. The van der Waals surface area contributed by atoms with E-state index in [9.17, 15) is 4.79 Å². The molecule has 0 fully saturated rings. The highest BCUT2D eigenvalue weighted by atomic mass is 16.2. The molecular weight excluding hydrogens is 238 g/mol. The molecule has 110 valence electrons. The molecule has 1 unspecified atom stereocenters. The third kappa shape index (κ3) is 11.4. The Balaban J connectivity index is 0. The number of pyridine rings is 1. The first kappa shape index (κ1) is 19.9. The van der Waals surface area contributed by atoms with Crippen LogP contribution in [-0.2, 0) is 4.79 Å². The van der Waals surface area contributed by atoms with Crippen LogP contribution in [0.1, 0.15) is 40.5 Å². The van der Waals surface area contributed by atoms with Crippen molar-refractivity contribution in [3.05, 3.63) is 30.6 Å². The number of rotatable bonds is 4. The van der Waals surface area contributed by atoms with Gasteiger partial charge < -0.3 is 10.6 Å². The van der Waals surface area contributed by atoms with E-state index in [1.165, 1.54) is 0 Å².